The number of nitrogens with zero attached hydrogens (tertiary/aromatic N) is 1. The van der Waals surface area contributed by atoms with Gasteiger partial charge in [-0.15, -0.1) is 12.3 Å². The first-order valence-corrected chi connectivity index (χ1v) is 5.10. The number of aliphatic imine (C=N–C) groups is 1. The van der Waals surface area contributed by atoms with E-state index in [1.54, 1.807) is 0 Å². The number of hydrogen-bond donors (Lipinski definition) is 2. The fraction of sp³-hybridized carbons (Fsp3) is 0.727. The predicted octanol–water partition coefficient (Wildman–Crippen LogP) is 0.975. The summed E-state index contributed by atoms with van der Waals surface area (Å²) in [6, 6.07) is 0. The van der Waals surface area contributed by atoms with E-state index in [4.69, 9.17) is 6.42 Å². The van der Waals surface area contributed by atoms with Gasteiger partial charge in [-0.25, -0.2) is 0 Å². The Morgan fingerprint density at radius 3 is 3.00 bits per heavy atom. The fourth-order valence-electron chi connectivity index (χ4n) is 1.24. The third-order valence-corrected chi connectivity index (χ3v) is 2.19. The normalized spacial score (nSPS) is 19.1. The second-order valence-electron chi connectivity index (χ2n) is 4.42. The van der Waals surface area contributed by atoms with E-state index < -0.39 is 0 Å². The largest absolute Gasteiger partial charge is 0.356 e. The van der Waals surface area contributed by atoms with Gasteiger partial charge >= 0.3 is 0 Å². The topological polar surface area (TPSA) is 36.4 Å². The van der Waals surface area contributed by atoms with Crippen molar-refractivity contribution in [3.63, 3.8) is 0 Å². The molecular formula is C11H19N3. The summed E-state index contributed by atoms with van der Waals surface area (Å²) < 4.78 is 0. The maximum atomic E-state index is 5.16. The van der Waals surface area contributed by atoms with Crippen LogP contribution in [0.2, 0.25) is 0 Å². The highest BCUT2D eigenvalue weighted by Crippen LogP contribution is 2.15. The Morgan fingerprint density at radius 1 is 1.64 bits per heavy atom. The van der Waals surface area contributed by atoms with Crippen molar-refractivity contribution in [2.45, 2.75) is 26.7 Å². The van der Waals surface area contributed by atoms with Gasteiger partial charge in [-0.2, -0.15) is 0 Å². The molecule has 0 unspecified atom stereocenters. The molecule has 0 radical (unpaired) electrons. The molecule has 0 aromatic heterocycles. The van der Waals surface area contributed by atoms with E-state index in [-0.39, 0.29) is 5.41 Å². The number of hydrogen-bond acceptors (Lipinski definition) is 3. The molecule has 0 saturated carbocycles. The SMILES string of the molecule is C#CCCCNC1=NCC(C)(C)CN1. The smallest absolute Gasteiger partial charge is 0.191 e. The average molecular weight is 193 g/mol. The van der Waals surface area contributed by atoms with Gasteiger partial charge < -0.3 is 10.6 Å². The van der Waals surface area contributed by atoms with E-state index in [1.807, 2.05) is 0 Å². The molecular weight excluding hydrogens is 174 g/mol. The summed E-state index contributed by atoms with van der Waals surface area (Å²) in [5.74, 6) is 3.54. The maximum absolute atomic E-state index is 5.16. The van der Waals surface area contributed by atoms with Crippen molar-refractivity contribution in [2.75, 3.05) is 19.6 Å². The Labute approximate surface area is 86.4 Å². The van der Waals surface area contributed by atoms with E-state index in [9.17, 15) is 0 Å². The first kappa shape index (κ1) is 10.9. The molecule has 3 nitrogen and oxygen atoms in total. The van der Waals surface area contributed by atoms with Crippen LogP contribution in [-0.4, -0.2) is 25.6 Å². The fourth-order valence-corrected chi connectivity index (χ4v) is 1.24. The minimum Gasteiger partial charge on any atom is -0.356 e. The van der Waals surface area contributed by atoms with E-state index >= 15 is 0 Å². The third kappa shape index (κ3) is 3.69. The van der Waals surface area contributed by atoms with Gasteiger partial charge in [0.2, 0.25) is 0 Å². The number of guanidine groups is 1. The zero-order valence-corrected chi connectivity index (χ0v) is 9.06. The Hall–Kier alpha value is -1.17. The Kier molecular flexibility index (Phi) is 3.82. The summed E-state index contributed by atoms with van der Waals surface area (Å²) in [5.41, 5.74) is 0.282. The van der Waals surface area contributed by atoms with Crippen molar-refractivity contribution in [3.05, 3.63) is 0 Å². The van der Waals surface area contributed by atoms with Gasteiger partial charge in [-0.05, 0) is 6.42 Å². The van der Waals surface area contributed by atoms with Crippen LogP contribution >= 0.6 is 0 Å². The molecule has 0 atom stereocenters. The van der Waals surface area contributed by atoms with Gasteiger partial charge in [0.15, 0.2) is 5.96 Å². The molecule has 14 heavy (non-hydrogen) atoms. The summed E-state index contributed by atoms with van der Waals surface area (Å²) in [5, 5.41) is 6.51. The first-order chi connectivity index (χ1) is 6.64. The third-order valence-electron chi connectivity index (χ3n) is 2.19. The molecule has 0 saturated heterocycles. The molecule has 0 bridgehead atoms. The molecule has 78 valence electrons. The van der Waals surface area contributed by atoms with Crippen LogP contribution in [-0.2, 0) is 0 Å². The molecule has 0 fully saturated rings. The highest BCUT2D eigenvalue weighted by Gasteiger charge is 2.21. The lowest BCUT2D eigenvalue weighted by molar-refractivity contribution is 0.358. The lowest BCUT2D eigenvalue weighted by atomic mass is 9.93. The van der Waals surface area contributed by atoms with Crippen molar-refractivity contribution in [3.8, 4) is 12.3 Å². The molecule has 2 N–H and O–H groups in total. The quantitative estimate of drug-likeness (QED) is 0.518. The predicted molar refractivity (Wildman–Crippen MR) is 60.2 cm³/mol. The first-order valence-electron chi connectivity index (χ1n) is 5.10. The molecule has 0 amide bonds. The summed E-state index contributed by atoms with van der Waals surface area (Å²) in [7, 11) is 0. The summed E-state index contributed by atoms with van der Waals surface area (Å²) in [4.78, 5) is 4.42. The molecule has 1 heterocycles. The van der Waals surface area contributed by atoms with E-state index in [2.05, 4.69) is 35.4 Å². The van der Waals surface area contributed by atoms with Gasteiger partial charge in [0.05, 0.1) is 0 Å². The zero-order valence-electron chi connectivity index (χ0n) is 9.06. The highest BCUT2D eigenvalue weighted by molar-refractivity contribution is 5.80. The average Bonchev–Trinajstić information content (AvgIpc) is 2.15. The van der Waals surface area contributed by atoms with Crippen molar-refractivity contribution in [1.82, 2.24) is 10.6 Å². The lowest BCUT2D eigenvalue weighted by Gasteiger charge is -2.29. The molecule has 0 aromatic rings. The molecule has 0 aliphatic carbocycles. The summed E-state index contributed by atoms with van der Waals surface area (Å²) in [6.45, 7) is 7.18. The van der Waals surface area contributed by atoms with Gasteiger partial charge in [-0.1, -0.05) is 13.8 Å². The van der Waals surface area contributed by atoms with Crippen molar-refractivity contribution >= 4 is 5.96 Å². The maximum Gasteiger partial charge on any atom is 0.191 e. The minimum atomic E-state index is 0.282. The van der Waals surface area contributed by atoms with Gasteiger partial charge in [0, 0.05) is 31.5 Å². The van der Waals surface area contributed by atoms with Crippen LogP contribution in [0.5, 0.6) is 0 Å². The Balaban J connectivity index is 2.21. The Morgan fingerprint density at radius 2 is 2.43 bits per heavy atom. The van der Waals surface area contributed by atoms with Crippen LogP contribution in [0, 0.1) is 17.8 Å². The second kappa shape index (κ2) is 4.90. The van der Waals surface area contributed by atoms with Crippen LogP contribution in [0.1, 0.15) is 26.7 Å². The van der Waals surface area contributed by atoms with Gasteiger partial charge in [0.25, 0.3) is 0 Å². The number of nitrogens with one attached hydrogen (secondary N) is 2. The summed E-state index contributed by atoms with van der Waals surface area (Å²) in [6.07, 6.45) is 6.99. The van der Waals surface area contributed by atoms with Crippen LogP contribution in [0.3, 0.4) is 0 Å². The van der Waals surface area contributed by atoms with Crippen LogP contribution in [0.25, 0.3) is 0 Å². The summed E-state index contributed by atoms with van der Waals surface area (Å²) >= 11 is 0. The van der Waals surface area contributed by atoms with Crippen LogP contribution < -0.4 is 10.6 Å². The number of unbranched alkanes of at least 4 members (excludes halogenated alkanes) is 1. The molecule has 1 aliphatic heterocycles. The van der Waals surface area contributed by atoms with E-state index in [0.29, 0.717) is 0 Å². The number of terminal acetylenes is 1. The van der Waals surface area contributed by atoms with Crippen LogP contribution in [0.4, 0.5) is 0 Å². The van der Waals surface area contributed by atoms with Crippen LogP contribution in [0.15, 0.2) is 4.99 Å². The molecule has 1 aliphatic rings. The standard InChI is InChI=1S/C11H19N3/c1-4-5-6-7-12-10-13-8-11(2,3)9-14-10/h1H,5-9H2,2-3H3,(H2,12,13,14). The van der Waals surface area contributed by atoms with Crippen molar-refractivity contribution in [1.29, 1.82) is 0 Å². The zero-order chi connectivity index (χ0) is 10.4. The monoisotopic (exact) mass is 193 g/mol. The Bertz CT molecular complexity index is 248. The molecule has 1 rings (SSSR count). The van der Waals surface area contributed by atoms with Crippen molar-refractivity contribution < 1.29 is 0 Å². The van der Waals surface area contributed by atoms with Gasteiger partial charge in [0.1, 0.15) is 0 Å². The van der Waals surface area contributed by atoms with E-state index in [1.165, 1.54) is 0 Å². The van der Waals surface area contributed by atoms with Gasteiger partial charge in [-0.3, -0.25) is 4.99 Å². The minimum absolute atomic E-state index is 0.282. The molecule has 0 aromatic carbocycles. The highest BCUT2D eigenvalue weighted by atomic mass is 15.2. The van der Waals surface area contributed by atoms with Crippen molar-refractivity contribution in [2.24, 2.45) is 10.4 Å². The second-order valence-corrected chi connectivity index (χ2v) is 4.42. The molecule has 0 spiro atoms. The molecule has 3 heteroatoms. The van der Waals surface area contributed by atoms with E-state index in [0.717, 1.165) is 38.4 Å². The number of rotatable bonds is 3. The lowest BCUT2D eigenvalue weighted by Crippen LogP contribution is -2.47.